The summed E-state index contributed by atoms with van der Waals surface area (Å²) in [6, 6.07) is 14.0. The van der Waals surface area contributed by atoms with Gasteiger partial charge >= 0.3 is 12.2 Å². The Balaban J connectivity index is 1.44. The Morgan fingerprint density at radius 2 is 1.89 bits per heavy atom. The maximum atomic E-state index is 13.8. The number of carbonyl (C=O) groups excluding carboxylic acids is 1. The minimum Gasteiger partial charge on any atom is -0.370 e. The molecular formula is C28H28F3N5O. The first-order valence-corrected chi connectivity index (χ1v) is 12.4. The second kappa shape index (κ2) is 10.2. The van der Waals surface area contributed by atoms with E-state index < -0.39 is 17.8 Å². The lowest BCUT2D eigenvalue weighted by Gasteiger charge is -2.36. The number of piperidine rings is 1. The summed E-state index contributed by atoms with van der Waals surface area (Å²) in [5, 5.41) is 6.26. The third-order valence-corrected chi connectivity index (χ3v) is 6.80. The smallest absolute Gasteiger partial charge is 0.370 e. The lowest BCUT2D eigenvalue weighted by atomic mass is 9.88. The summed E-state index contributed by atoms with van der Waals surface area (Å²) in [6.07, 6.45) is 1.60. The van der Waals surface area contributed by atoms with Crippen LogP contribution in [0.1, 0.15) is 42.4 Å². The number of benzene rings is 2. The largest absolute Gasteiger partial charge is 0.416 e. The van der Waals surface area contributed by atoms with Crippen molar-refractivity contribution in [2.24, 2.45) is 0 Å². The van der Waals surface area contributed by atoms with E-state index in [0.717, 1.165) is 54.2 Å². The number of H-pyrrole nitrogens is 1. The third-order valence-electron chi connectivity index (χ3n) is 6.80. The molecule has 4 aromatic rings. The highest BCUT2D eigenvalue weighted by atomic mass is 19.4. The molecule has 2 amide bonds. The number of nitrogens with zero attached hydrogens (tertiary/aromatic N) is 2. The molecule has 5 rings (SSSR count). The Bertz CT molecular complexity index is 1400. The highest BCUT2D eigenvalue weighted by molar-refractivity contribution is 5.99. The molecule has 2 aromatic carbocycles. The van der Waals surface area contributed by atoms with Crippen molar-refractivity contribution < 1.29 is 18.0 Å². The van der Waals surface area contributed by atoms with Crippen molar-refractivity contribution in [1.82, 2.24) is 9.97 Å². The van der Waals surface area contributed by atoms with Crippen molar-refractivity contribution in [2.45, 2.75) is 38.3 Å². The van der Waals surface area contributed by atoms with Crippen molar-refractivity contribution in [3.05, 3.63) is 83.7 Å². The number of hydrogen-bond donors (Lipinski definition) is 3. The van der Waals surface area contributed by atoms with Crippen LogP contribution in [0.5, 0.6) is 0 Å². The molecular weight excluding hydrogens is 479 g/mol. The number of fused-ring (bicyclic) bond motifs is 1. The summed E-state index contributed by atoms with van der Waals surface area (Å²) in [5.41, 5.74) is 3.44. The van der Waals surface area contributed by atoms with Gasteiger partial charge in [0.05, 0.1) is 11.3 Å². The van der Waals surface area contributed by atoms with Crippen LogP contribution < -0.4 is 15.5 Å². The van der Waals surface area contributed by atoms with E-state index in [9.17, 15) is 18.0 Å². The number of alkyl halides is 3. The quantitative estimate of drug-likeness (QED) is 0.268. The molecule has 0 aliphatic carbocycles. The normalized spacial score (nSPS) is 16.1. The molecule has 6 nitrogen and oxygen atoms in total. The zero-order valence-electron chi connectivity index (χ0n) is 20.4. The number of carbonyl (C=O) groups is 1. The van der Waals surface area contributed by atoms with Gasteiger partial charge in [-0.05, 0) is 66.8 Å². The average Bonchev–Trinajstić information content (AvgIpc) is 3.37. The van der Waals surface area contributed by atoms with Crippen molar-refractivity contribution in [1.29, 1.82) is 0 Å². The van der Waals surface area contributed by atoms with Crippen LogP contribution in [0.2, 0.25) is 0 Å². The third kappa shape index (κ3) is 5.40. The van der Waals surface area contributed by atoms with Gasteiger partial charge in [0.25, 0.3) is 0 Å². The molecule has 1 atom stereocenters. The Labute approximate surface area is 212 Å². The predicted octanol–water partition coefficient (Wildman–Crippen LogP) is 7.17. The standard InChI is InChI=1S/C28H28F3N5O/c1-2-18-16-33-26-24(10-11-32-26)25(18)36-12-6-7-19(17-36)20-13-21(28(29,30)31)15-23(14-20)35-27(37)34-22-8-4-3-5-9-22/h3-5,8-11,13-16,19H,2,6-7,12,17H2,1H3,(H,32,33)(H2,34,35,37). The number of aryl methyl sites for hydroxylation is 1. The van der Waals surface area contributed by atoms with Crippen LogP contribution in [-0.4, -0.2) is 29.1 Å². The topological polar surface area (TPSA) is 73.0 Å². The number of urea groups is 1. The van der Waals surface area contributed by atoms with Gasteiger partial charge < -0.3 is 20.5 Å². The Kier molecular flexibility index (Phi) is 6.78. The fourth-order valence-electron chi connectivity index (χ4n) is 5.06. The molecule has 1 aliphatic rings. The average molecular weight is 508 g/mol. The van der Waals surface area contributed by atoms with Gasteiger partial charge in [0.1, 0.15) is 5.65 Å². The van der Waals surface area contributed by atoms with Crippen LogP contribution in [0.3, 0.4) is 0 Å². The van der Waals surface area contributed by atoms with Gasteiger partial charge in [-0.1, -0.05) is 25.1 Å². The van der Waals surface area contributed by atoms with Crippen LogP contribution in [0.25, 0.3) is 11.0 Å². The predicted molar refractivity (Wildman–Crippen MR) is 140 cm³/mol. The molecule has 1 saturated heterocycles. The highest BCUT2D eigenvalue weighted by Crippen LogP contribution is 2.39. The van der Waals surface area contributed by atoms with Crippen molar-refractivity contribution in [3.8, 4) is 0 Å². The number of para-hydroxylation sites is 1. The van der Waals surface area contributed by atoms with E-state index in [1.807, 2.05) is 24.5 Å². The van der Waals surface area contributed by atoms with Gasteiger partial charge in [-0.15, -0.1) is 0 Å². The van der Waals surface area contributed by atoms with E-state index in [1.54, 1.807) is 30.3 Å². The molecule has 1 unspecified atom stereocenters. The second-order valence-corrected chi connectivity index (χ2v) is 9.30. The zero-order valence-corrected chi connectivity index (χ0v) is 20.4. The molecule has 3 N–H and O–H groups in total. The summed E-state index contributed by atoms with van der Waals surface area (Å²) < 4.78 is 41.5. The van der Waals surface area contributed by atoms with Gasteiger partial charge in [-0.25, -0.2) is 9.78 Å². The molecule has 0 bridgehead atoms. The van der Waals surface area contributed by atoms with E-state index in [1.165, 1.54) is 6.07 Å². The zero-order chi connectivity index (χ0) is 26.0. The number of amides is 2. The maximum absolute atomic E-state index is 13.8. The summed E-state index contributed by atoms with van der Waals surface area (Å²) in [7, 11) is 0. The number of anilines is 3. The fraction of sp³-hybridized carbons (Fsp3) is 0.286. The Morgan fingerprint density at radius 3 is 2.65 bits per heavy atom. The number of pyridine rings is 1. The van der Waals surface area contributed by atoms with Crippen molar-refractivity contribution in [2.75, 3.05) is 28.6 Å². The monoisotopic (exact) mass is 507 g/mol. The van der Waals surface area contributed by atoms with Gasteiger partial charge in [0.2, 0.25) is 0 Å². The molecule has 2 aromatic heterocycles. The SMILES string of the molecule is CCc1cnc2[nH]ccc2c1N1CCCC(c2cc(NC(=O)Nc3ccccc3)cc(C(F)(F)F)c2)C1. The minimum atomic E-state index is -4.53. The van der Waals surface area contributed by atoms with Gasteiger partial charge in [-0.3, -0.25) is 0 Å². The number of aromatic nitrogens is 2. The number of hydrogen-bond acceptors (Lipinski definition) is 3. The minimum absolute atomic E-state index is 0.113. The lowest BCUT2D eigenvalue weighted by molar-refractivity contribution is -0.137. The van der Waals surface area contributed by atoms with Gasteiger partial charge in [-0.2, -0.15) is 13.2 Å². The Morgan fingerprint density at radius 1 is 1.11 bits per heavy atom. The molecule has 0 saturated carbocycles. The van der Waals surface area contributed by atoms with Crippen LogP contribution in [0, 0.1) is 0 Å². The van der Waals surface area contributed by atoms with Gasteiger partial charge in [0, 0.05) is 48.2 Å². The molecule has 192 valence electrons. The number of halogens is 3. The highest BCUT2D eigenvalue weighted by Gasteiger charge is 2.33. The Hall–Kier alpha value is -4.01. The van der Waals surface area contributed by atoms with Crippen LogP contribution in [0.4, 0.5) is 35.0 Å². The molecule has 0 spiro atoms. The molecule has 3 heterocycles. The summed E-state index contributed by atoms with van der Waals surface area (Å²) in [6.45, 7) is 3.47. The van der Waals surface area contributed by atoms with E-state index >= 15 is 0 Å². The molecule has 0 radical (unpaired) electrons. The van der Waals surface area contributed by atoms with E-state index in [4.69, 9.17) is 0 Å². The van der Waals surface area contributed by atoms with Crippen LogP contribution >= 0.6 is 0 Å². The number of nitrogens with one attached hydrogen (secondary N) is 3. The molecule has 1 fully saturated rings. The van der Waals surface area contributed by atoms with E-state index in [-0.39, 0.29) is 11.6 Å². The number of rotatable bonds is 5. The lowest BCUT2D eigenvalue weighted by Crippen LogP contribution is -2.35. The number of aromatic amines is 1. The molecule has 1 aliphatic heterocycles. The summed E-state index contributed by atoms with van der Waals surface area (Å²) >= 11 is 0. The van der Waals surface area contributed by atoms with Crippen molar-refractivity contribution >= 4 is 34.1 Å². The first-order valence-electron chi connectivity index (χ1n) is 12.4. The van der Waals surface area contributed by atoms with E-state index in [0.29, 0.717) is 17.8 Å². The summed E-state index contributed by atoms with van der Waals surface area (Å²) in [4.78, 5) is 22.4. The molecule has 37 heavy (non-hydrogen) atoms. The summed E-state index contributed by atoms with van der Waals surface area (Å²) in [5.74, 6) is -0.124. The fourth-order valence-corrected chi connectivity index (χ4v) is 5.06. The first kappa shape index (κ1) is 24.7. The maximum Gasteiger partial charge on any atom is 0.416 e. The van der Waals surface area contributed by atoms with Crippen LogP contribution in [0.15, 0.2) is 67.0 Å². The van der Waals surface area contributed by atoms with Gasteiger partial charge in [0.15, 0.2) is 0 Å². The molecule has 9 heteroatoms. The first-order chi connectivity index (χ1) is 17.8. The van der Waals surface area contributed by atoms with Crippen LogP contribution in [-0.2, 0) is 12.6 Å². The van der Waals surface area contributed by atoms with Crippen molar-refractivity contribution in [3.63, 3.8) is 0 Å². The van der Waals surface area contributed by atoms with E-state index in [2.05, 4.69) is 32.4 Å². The second-order valence-electron chi connectivity index (χ2n) is 9.30.